The van der Waals surface area contributed by atoms with E-state index in [0.717, 1.165) is 89.1 Å². The van der Waals surface area contributed by atoms with Crippen molar-refractivity contribution in [3.8, 4) is 22.3 Å². The minimum Gasteiger partial charge on any atom is -0.456 e. The van der Waals surface area contributed by atoms with Crippen LogP contribution in [0, 0.1) is 0 Å². The van der Waals surface area contributed by atoms with Crippen LogP contribution in [-0.2, 0) is 0 Å². The summed E-state index contributed by atoms with van der Waals surface area (Å²) in [5.74, 6) is 0. The summed E-state index contributed by atoms with van der Waals surface area (Å²) in [5, 5.41) is 6.86. The third-order valence-corrected chi connectivity index (χ3v) is 12.0. The van der Waals surface area contributed by atoms with Crippen LogP contribution in [0.1, 0.15) is 0 Å². The minimum absolute atomic E-state index is 0.884. The molecule has 0 amide bonds. The van der Waals surface area contributed by atoms with Crippen LogP contribution in [0.25, 0.3) is 76.9 Å². The van der Waals surface area contributed by atoms with Crippen molar-refractivity contribution in [3.63, 3.8) is 0 Å². The molecule has 0 unspecified atom stereocenters. The molecule has 0 fully saturated rings. The van der Waals surface area contributed by atoms with Gasteiger partial charge >= 0.3 is 0 Å². The number of fused-ring (bicyclic) bond motifs is 7. The summed E-state index contributed by atoms with van der Waals surface area (Å²) < 4.78 is 12.4. The lowest BCUT2D eigenvalue weighted by molar-refractivity contribution is 0.668. The van der Waals surface area contributed by atoms with Crippen LogP contribution in [0.4, 0.5) is 34.1 Å². The van der Waals surface area contributed by atoms with Crippen LogP contribution in [0.2, 0.25) is 0 Å². The highest BCUT2D eigenvalue weighted by Gasteiger charge is 2.19. The van der Waals surface area contributed by atoms with E-state index < -0.39 is 0 Å². The number of benzene rings is 10. The molecule has 4 heteroatoms. The van der Waals surface area contributed by atoms with E-state index in [2.05, 4.69) is 216 Å². The fourth-order valence-corrected chi connectivity index (χ4v) is 9.16. The Morgan fingerprint density at radius 3 is 1.08 bits per heavy atom. The fraction of sp³-hybridized carbons (Fsp3) is 0. The highest BCUT2D eigenvalue weighted by atomic mass is 16.3. The van der Waals surface area contributed by atoms with E-state index in [0.29, 0.717) is 0 Å². The summed E-state index contributed by atoms with van der Waals surface area (Å²) in [7, 11) is 0. The number of nitrogens with zero attached hydrogens (tertiary/aromatic N) is 2. The molecule has 2 heterocycles. The molecule has 0 radical (unpaired) electrons. The lowest BCUT2D eigenvalue weighted by Gasteiger charge is -2.26. The van der Waals surface area contributed by atoms with Gasteiger partial charge in [0.25, 0.3) is 0 Å². The van der Waals surface area contributed by atoms with Gasteiger partial charge in [-0.05, 0) is 130 Å². The van der Waals surface area contributed by atoms with Gasteiger partial charge in [-0.2, -0.15) is 0 Å². The molecular formula is C58H38N2O2. The smallest absolute Gasteiger partial charge is 0.135 e. The zero-order valence-electron chi connectivity index (χ0n) is 33.7. The summed E-state index contributed by atoms with van der Waals surface area (Å²) >= 11 is 0. The second kappa shape index (κ2) is 14.7. The van der Waals surface area contributed by atoms with Crippen LogP contribution >= 0.6 is 0 Å². The van der Waals surface area contributed by atoms with Gasteiger partial charge in [0.05, 0.1) is 0 Å². The van der Waals surface area contributed by atoms with E-state index >= 15 is 0 Å². The zero-order valence-corrected chi connectivity index (χ0v) is 33.7. The lowest BCUT2D eigenvalue weighted by atomic mass is 9.91. The SMILES string of the molecule is c1ccc(N(c2ccc(-c3cccc4cccc(-c5ccc(N(c6ccccc6)c6ccc7oc8ccccc8c7c6)cc5)c34)cc2)c2ccc3oc4ccccc4c3c2)cc1. The summed E-state index contributed by atoms with van der Waals surface area (Å²) in [5.41, 5.74) is 14.7. The van der Waals surface area contributed by atoms with Crippen LogP contribution in [-0.4, -0.2) is 0 Å². The van der Waals surface area contributed by atoms with Gasteiger partial charge in [-0.15, -0.1) is 0 Å². The molecule has 0 aliphatic carbocycles. The molecule has 0 saturated heterocycles. The molecule has 12 aromatic rings. The van der Waals surface area contributed by atoms with Crippen LogP contribution < -0.4 is 9.80 Å². The maximum atomic E-state index is 6.19. The molecule has 292 valence electrons. The second-order valence-corrected chi connectivity index (χ2v) is 15.7. The van der Waals surface area contributed by atoms with E-state index in [1.807, 2.05) is 24.3 Å². The Morgan fingerprint density at radius 2 is 0.629 bits per heavy atom. The maximum absolute atomic E-state index is 6.19. The highest BCUT2D eigenvalue weighted by Crippen LogP contribution is 2.43. The Balaban J connectivity index is 0.922. The molecule has 0 bridgehead atoms. The van der Waals surface area contributed by atoms with Crippen molar-refractivity contribution in [1.29, 1.82) is 0 Å². The second-order valence-electron chi connectivity index (χ2n) is 15.7. The first-order chi connectivity index (χ1) is 30.7. The number of para-hydroxylation sites is 4. The Morgan fingerprint density at radius 1 is 0.258 bits per heavy atom. The molecule has 0 spiro atoms. The quantitative estimate of drug-likeness (QED) is 0.153. The maximum Gasteiger partial charge on any atom is 0.135 e. The predicted molar refractivity (Wildman–Crippen MR) is 259 cm³/mol. The van der Waals surface area contributed by atoms with Gasteiger partial charge in [0, 0.05) is 55.7 Å². The number of anilines is 6. The molecule has 2 aromatic heterocycles. The summed E-state index contributed by atoms with van der Waals surface area (Å²) in [6.45, 7) is 0. The van der Waals surface area contributed by atoms with Crippen molar-refractivity contribution in [1.82, 2.24) is 0 Å². The summed E-state index contributed by atoms with van der Waals surface area (Å²) in [6.07, 6.45) is 0. The Labute approximate surface area is 358 Å². The third-order valence-electron chi connectivity index (χ3n) is 12.0. The molecule has 62 heavy (non-hydrogen) atoms. The predicted octanol–water partition coefficient (Wildman–Crippen LogP) is 16.9. The average molecular weight is 795 g/mol. The normalized spacial score (nSPS) is 11.5. The molecule has 0 atom stereocenters. The van der Waals surface area contributed by atoms with Crippen LogP contribution in [0.5, 0.6) is 0 Å². The van der Waals surface area contributed by atoms with Crippen molar-refractivity contribution in [3.05, 3.63) is 231 Å². The largest absolute Gasteiger partial charge is 0.456 e. The number of furan rings is 2. The van der Waals surface area contributed by atoms with Gasteiger partial charge in [-0.25, -0.2) is 0 Å². The van der Waals surface area contributed by atoms with E-state index in [-0.39, 0.29) is 0 Å². The molecule has 0 saturated carbocycles. The third kappa shape index (κ3) is 6.08. The molecule has 12 rings (SSSR count). The summed E-state index contributed by atoms with van der Waals surface area (Å²) in [6, 6.07) is 81.7. The van der Waals surface area contributed by atoms with E-state index in [1.165, 1.54) is 21.9 Å². The van der Waals surface area contributed by atoms with E-state index in [1.54, 1.807) is 0 Å². The molecule has 10 aromatic carbocycles. The molecule has 0 aliphatic rings. The van der Waals surface area contributed by atoms with Crippen molar-refractivity contribution in [2.75, 3.05) is 9.80 Å². The number of rotatable bonds is 8. The summed E-state index contributed by atoms with van der Waals surface area (Å²) in [4.78, 5) is 4.63. The first-order valence-corrected chi connectivity index (χ1v) is 21.0. The number of hydrogen-bond donors (Lipinski definition) is 0. The number of hydrogen-bond acceptors (Lipinski definition) is 4. The standard InChI is InChI=1S/C58H38N2O2/c1-3-15-42(16-4-1)59(46-33-35-56-52(37-46)50-19-7-9-23-54(50)61-56)44-29-25-39(26-30-44)48-21-11-13-41-14-12-22-49(58(41)48)40-27-31-45(32-28-40)60(43-17-5-2-6-18-43)47-34-36-57-53(38-47)51-20-8-10-24-55(51)62-57/h1-38H. The molecule has 4 nitrogen and oxygen atoms in total. The average Bonchev–Trinajstić information content (AvgIpc) is 3.90. The lowest BCUT2D eigenvalue weighted by Crippen LogP contribution is -2.09. The Kier molecular flexibility index (Phi) is 8.46. The van der Waals surface area contributed by atoms with Crippen molar-refractivity contribution in [2.24, 2.45) is 0 Å². The van der Waals surface area contributed by atoms with Gasteiger partial charge in [-0.1, -0.05) is 133 Å². The fourth-order valence-electron chi connectivity index (χ4n) is 9.16. The van der Waals surface area contributed by atoms with Crippen molar-refractivity contribution in [2.45, 2.75) is 0 Å². The van der Waals surface area contributed by atoms with Crippen LogP contribution in [0.3, 0.4) is 0 Å². The first kappa shape index (κ1) is 35.6. The Hall–Kier alpha value is -8.34. The first-order valence-electron chi connectivity index (χ1n) is 21.0. The molecule has 0 N–H and O–H groups in total. The van der Waals surface area contributed by atoms with Crippen molar-refractivity contribution >= 4 is 88.8 Å². The monoisotopic (exact) mass is 794 g/mol. The van der Waals surface area contributed by atoms with Gasteiger partial charge in [0.1, 0.15) is 22.3 Å². The van der Waals surface area contributed by atoms with Crippen LogP contribution in [0.15, 0.2) is 239 Å². The van der Waals surface area contributed by atoms with Gasteiger partial charge in [-0.3, -0.25) is 0 Å². The van der Waals surface area contributed by atoms with E-state index in [9.17, 15) is 0 Å². The van der Waals surface area contributed by atoms with Gasteiger partial charge < -0.3 is 18.6 Å². The molecular weight excluding hydrogens is 757 g/mol. The highest BCUT2D eigenvalue weighted by molar-refractivity contribution is 6.09. The zero-order chi connectivity index (χ0) is 41.0. The topological polar surface area (TPSA) is 32.8 Å². The van der Waals surface area contributed by atoms with Gasteiger partial charge in [0.2, 0.25) is 0 Å². The van der Waals surface area contributed by atoms with Crippen molar-refractivity contribution < 1.29 is 8.83 Å². The molecule has 0 aliphatic heterocycles. The Bertz CT molecular complexity index is 3340. The minimum atomic E-state index is 0.884. The van der Waals surface area contributed by atoms with E-state index in [4.69, 9.17) is 8.83 Å². The van der Waals surface area contributed by atoms with Gasteiger partial charge in [0.15, 0.2) is 0 Å².